The first-order valence-electron chi connectivity index (χ1n) is 9.30. The van der Waals surface area contributed by atoms with Crippen LogP contribution in [0.4, 0.5) is 5.95 Å². The van der Waals surface area contributed by atoms with Crippen molar-refractivity contribution in [1.29, 1.82) is 0 Å². The lowest BCUT2D eigenvalue weighted by Gasteiger charge is -2.23. The average molecular weight is 387 g/mol. The number of imidazole rings is 1. The van der Waals surface area contributed by atoms with Crippen molar-refractivity contribution < 1.29 is 19.7 Å². The van der Waals surface area contributed by atoms with E-state index in [9.17, 15) is 15.0 Å². The van der Waals surface area contributed by atoms with Gasteiger partial charge >= 0.3 is 0 Å². The topological polar surface area (TPSA) is 122 Å². The smallest absolute Gasteiger partial charge is 0.247 e. The summed E-state index contributed by atoms with van der Waals surface area (Å²) in [6.45, 7) is 5.45. The van der Waals surface area contributed by atoms with Gasteiger partial charge in [0.25, 0.3) is 0 Å². The summed E-state index contributed by atoms with van der Waals surface area (Å²) in [5.41, 5.74) is -0.0623. The number of aliphatic hydroxyl groups excluding tert-OH is 2. The standard InChI is InChI=1S/C19H25N5O4/c1-5-19(9-25)8-12(7-13(19)26)24-10-20-14-15(24)21-18(22-16(27)11(3)4)23-17(14)28-6-2/h1,10-13,25-26H,6-9H2,2-4H3,(H,21,22,23,27)/t12-,13-,19+/m0/s1. The molecule has 0 saturated heterocycles. The summed E-state index contributed by atoms with van der Waals surface area (Å²) >= 11 is 0. The van der Waals surface area contributed by atoms with Crippen LogP contribution < -0.4 is 10.1 Å². The number of anilines is 1. The zero-order chi connectivity index (χ0) is 20.5. The number of aromatic nitrogens is 4. The van der Waals surface area contributed by atoms with Crippen molar-refractivity contribution in [3.8, 4) is 18.2 Å². The summed E-state index contributed by atoms with van der Waals surface area (Å²) in [4.78, 5) is 25.1. The van der Waals surface area contributed by atoms with E-state index in [1.165, 1.54) is 0 Å². The van der Waals surface area contributed by atoms with Gasteiger partial charge in [0.05, 0.1) is 31.1 Å². The number of fused-ring (bicyclic) bond motifs is 1. The van der Waals surface area contributed by atoms with Crippen molar-refractivity contribution in [3.63, 3.8) is 0 Å². The van der Waals surface area contributed by atoms with Crippen molar-refractivity contribution in [2.45, 2.75) is 45.8 Å². The number of carbonyl (C=O) groups is 1. The summed E-state index contributed by atoms with van der Waals surface area (Å²) in [7, 11) is 0. The van der Waals surface area contributed by atoms with Crippen molar-refractivity contribution >= 4 is 23.0 Å². The Morgan fingerprint density at radius 1 is 1.54 bits per heavy atom. The molecule has 1 fully saturated rings. The number of amides is 1. The minimum absolute atomic E-state index is 0.125. The van der Waals surface area contributed by atoms with E-state index in [0.717, 1.165) is 0 Å². The van der Waals surface area contributed by atoms with Gasteiger partial charge in [0.2, 0.25) is 17.7 Å². The van der Waals surface area contributed by atoms with E-state index in [1.54, 1.807) is 24.7 Å². The summed E-state index contributed by atoms with van der Waals surface area (Å²) in [5.74, 6) is 2.50. The molecule has 3 atom stereocenters. The van der Waals surface area contributed by atoms with Crippen LogP contribution in [0.5, 0.6) is 5.88 Å². The molecule has 9 heteroatoms. The third-order valence-corrected chi connectivity index (χ3v) is 5.13. The molecule has 2 heterocycles. The first-order valence-corrected chi connectivity index (χ1v) is 9.30. The minimum atomic E-state index is -0.994. The molecule has 1 aliphatic rings. The second-order valence-electron chi connectivity index (χ2n) is 7.32. The van der Waals surface area contributed by atoms with Crippen LogP contribution >= 0.6 is 0 Å². The van der Waals surface area contributed by atoms with E-state index in [-0.39, 0.29) is 36.3 Å². The first kappa shape index (κ1) is 20.0. The van der Waals surface area contributed by atoms with E-state index in [0.29, 0.717) is 30.6 Å². The second kappa shape index (κ2) is 7.73. The van der Waals surface area contributed by atoms with Gasteiger partial charge in [-0.15, -0.1) is 6.42 Å². The molecule has 0 aliphatic heterocycles. The highest BCUT2D eigenvalue weighted by Gasteiger charge is 2.46. The second-order valence-corrected chi connectivity index (χ2v) is 7.32. The highest BCUT2D eigenvalue weighted by molar-refractivity contribution is 5.91. The van der Waals surface area contributed by atoms with Crippen LogP contribution in [0, 0.1) is 23.7 Å². The molecule has 2 aromatic rings. The predicted molar refractivity (Wildman–Crippen MR) is 103 cm³/mol. The van der Waals surface area contributed by atoms with Gasteiger partial charge in [-0.3, -0.25) is 10.1 Å². The molecule has 3 rings (SSSR count). The van der Waals surface area contributed by atoms with E-state index >= 15 is 0 Å². The first-order chi connectivity index (χ1) is 13.3. The Labute approximate surface area is 163 Å². The minimum Gasteiger partial charge on any atom is -0.476 e. The lowest BCUT2D eigenvalue weighted by Crippen LogP contribution is -2.31. The highest BCUT2D eigenvalue weighted by atomic mass is 16.5. The SMILES string of the molecule is C#C[C@]1(CO)C[C@@H](n2cnc3c(OCC)nc(NC(=O)C(C)C)nc32)C[C@@H]1O. The summed E-state index contributed by atoms with van der Waals surface area (Å²) in [6, 6.07) is -0.207. The molecular weight excluding hydrogens is 362 g/mol. The van der Waals surface area contributed by atoms with Gasteiger partial charge in [0.1, 0.15) is 0 Å². The van der Waals surface area contributed by atoms with Crippen LogP contribution in [0.25, 0.3) is 11.2 Å². The Morgan fingerprint density at radius 2 is 2.29 bits per heavy atom. The average Bonchev–Trinajstić information content (AvgIpc) is 3.23. The number of hydrogen-bond acceptors (Lipinski definition) is 7. The number of hydrogen-bond donors (Lipinski definition) is 3. The molecule has 0 aromatic carbocycles. The molecule has 1 amide bonds. The molecule has 0 radical (unpaired) electrons. The molecule has 28 heavy (non-hydrogen) atoms. The van der Waals surface area contributed by atoms with Crippen LogP contribution in [-0.4, -0.2) is 55.0 Å². The highest BCUT2D eigenvalue weighted by Crippen LogP contribution is 2.44. The van der Waals surface area contributed by atoms with Gasteiger partial charge in [-0.1, -0.05) is 19.8 Å². The van der Waals surface area contributed by atoms with Crippen LogP contribution in [0.3, 0.4) is 0 Å². The van der Waals surface area contributed by atoms with Gasteiger partial charge in [-0.2, -0.15) is 9.97 Å². The molecule has 0 bridgehead atoms. The Hall–Kier alpha value is -2.70. The summed E-state index contributed by atoms with van der Waals surface area (Å²) in [5, 5.41) is 22.8. The quantitative estimate of drug-likeness (QED) is 0.635. The Kier molecular flexibility index (Phi) is 5.54. The number of nitrogens with zero attached hydrogens (tertiary/aromatic N) is 4. The molecule has 1 aliphatic carbocycles. The molecule has 1 saturated carbocycles. The maximum Gasteiger partial charge on any atom is 0.247 e. The number of aliphatic hydroxyl groups is 2. The third kappa shape index (κ3) is 3.41. The van der Waals surface area contributed by atoms with Gasteiger partial charge in [0.15, 0.2) is 11.2 Å². The van der Waals surface area contributed by atoms with Crippen molar-refractivity contribution in [2.24, 2.45) is 11.3 Å². The molecular formula is C19H25N5O4. The van der Waals surface area contributed by atoms with Crippen molar-refractivity contribution in [2.75, 3.05) is 18.5 Å². The van der Waals surface area contributed by atoms with Gasteiger partial charge in [-0.25, -0.2) is 4.98 Å². The van der Waals surface area contributed by atoms with Crippen molar-refractivity contribution in [1.82, 2.24) is 19.5 Å². The van der Waals surface area contributed by atoms with Gasteiger partial charge in [-0.05, 0) is 19.8 Å². The lowest BCUT2D eigenvalue weighted by atomic mass is 9.86. The molecule has 0 unspecified atom stereocenters. The Balaban J connectivity index is 2.04. The van der Waals surface area contributed by atoms with Crippen molar-refractivity contribution in [3.05, 3.63) is 6.33 Å². The molecule has 2 aromatic heterocycles. The zero-order valence-corrected chi connectivity index (χ0v) is 16.2. The van der Waals surface area contributed by atoms with Crippen LogP contribution in [0.1, 0.15) is 39.7 Å². The van der Waals surface area contributed by atoms with Crippen LogP contribution in [0.2, 0.25) is 0 Å². The van der Waals surface area contributed by atoms with Crippen LogP contribution in [0.15, 0.2) is 6.33 Å². The molecule has 0 spiro atoms. The van der Waals surface area contributed by atoms with Crippen LogP contribution in [-0.2, 0) is 4.79 Å². The molecule has 9 nitrogen and oxygen atoms in total. The lowest BCUT2D eigenvalue weighted by molar-refractivity contribution is -0.118. The fraction of sp³-hybridized carbons (Fsp3) is 0.579. The summed E-state index contributed by atoms with van der Waals surface area (Å²) < 4.78 is 7.38. The zero-order valence-electron chi connectivity index (χ0n) is 16.2. The van der Waals surface area contributed by atoms with Gasteiger partial charge < -0.3 is 19.5 Å². The molecule has 3 N–H and O–H groups in total. The van der Waals surface area contributed by atoms with E-state index in [2.05, 4.69) is 26.2 Å². The largest absolute Gasteiger partial charge is 0.476 e. The fourth-order valence-corrected chi connectivity index (χ4v) is 3.41. The Bertz CT molecular complexity index is 919. The van der Waals surface area contributed by atoms with E-state index in [1.807, 2.05) is 6.92 Å². The molecule has 150 valence electrons. The third-order valence-electron chi connectivity index (χ3n) is 5.13. The number of terminal acetylenes is 1. The number of carbonyl (C=O) groups excluding carboxylic acids is 1. The fourth-order valence-electron chi connectivity index (χ4n) is 3.41. The maximum absolute atomic E-state index is 12.1. The predicted octanol–water partition coefficient (Wildman–Crippen LogP) is 1.13. The van der Waals surface area contributed by atoms with E-state index in [4.69, 9.17) is 11.2 Å². The van der Waals surface area contributed by atoms with Gasteiger partial charge in [0, 0.05) is 12.0 Å². The normalized spacial score (nSPS) is 24.5. The number of nitrogens with one attached hydrogen (secondary N) is 1. The number of rotatable bonds is 6. The summed E-state index contributed by atoms with van der Waals surface area (Å²) in [6.07, 6.45) is 7.08. The monoisotopic (exact) mass is 387 g/mol. The van der Waals surface area contributed by atoms with E-state index < -0.39 is 11.5 Å². The maximum atomic E-state index is 12.1. The number of ether oxygens (including phenoxy) is 1. The Morgan fingerprint density at radius 3 is 2.86 bits per heavy atom.